The highest BCUT2D eigenvalue weighted by Gasteiger charge is 2.20. The number of amides is 1. The second-order valence-electron chi connectivity index (χ2n) is 6.43. The molecule has 1 saturated heterocycles. The molecule has 0 saturated carbocycles. The maximum absolute atomic E-state index is 12.9. The summed E-state index contributed by atoms with van der Waals surface area (Å²) in [6.07, 6.45) is 0. The van der Waals surface area contributed by atoms with Gasteiger partial charge in [0.1, 0.15) is 12.4 Å². The van der Waals surface area contributed by atoms with E-state index >= 15 is 0 Å². The first kappa shape index (κ1) is 18.4. The third-order valence-corrected chi connectivity index (χ3v) is 4.44. The molecule has 0 atom stereocenters. The lowest BCUT2D eigenvalue weighted by Gasteiger charge is -2.29. The Morgan fingerprint density at radius 2 is 1.77 bits per heavy atom. The Balaban J connectivity index is 1.61. The zero-order valence-electron chi connectivity index (χ0n) is 15.3. The number of morpholine rings is 1. The third kappa shape index (κ3) is 5.31. The van der Waals surface area contributed by atoms with Crippen LogP contribution in [0.3, 0.4) is 0 Å². The van der Waals surface area contributed by atoms with Gasteiger partial charge in [-0.1, -0.05) is 35.9 Å². The molecule has 0 aromatic heterocycles. The summed E-state index contributed by atoms with van der Waals surface area (Å²) in [5.74, 6) is 0.912. The third-order valence-electron chi connectivity index (χ3n) is 4.44. The van der Waals surface area contributed by atoms with Crippen LogP contribution in [0.5, 0.6) is 5.75 Å². The molecule has 1 aliphatic heterocycles. The van der Waals surface area contributed by atoms with Crippen molar-refractivity contribution in [1.82, 2.24) is 4.90 Å². The highest BCUT2D eigenvalue weighted by molar-refractivity contribution is 5.94. The molecule has 1 aliphatic rings. The summed E-state index contributed by atoms with van der Waals surface area (Å²) in [4.78, 5) is 16.8. The smallest absolute Gasteiger partial charge is 0.241 e. The normalized spacial score (nSPS) is 14.8. The molecule has 26 heavy (non-hydrogen) atoms. The molecule has 0 unspecified atom stereocenters. The molecular formula is C21H26N2O3. The fourth-order valence-corrected chi connectivity index (χ4v) is 2.93. The van der Waals surface area contributed by atoms with Gasteiger partial charge in [0.2, 0.25) is 5.91 Å². The summed E-state index contributed by atoms with van der Waals surface area (Å²) >= 11 is 0. The highest BCUT2D eigenvalue weighted by Crippen LogP contribution is 2.15. The van der Waals surface area contributed by atoms with Crippen LogP contribution >= 0.6 is 0 Å². The van der Waals surface area contributed by atoms with Crippen LogP contribution in [0.25, 0.3) is 0 Å². The predicted molar refractivity (Wildman–Crippen MR) is 103 cm³/mol. The van der Waals surface area contributed by atoms with Gasteiger partial charge in [0.15, 0.2) is 0 Å². The first-order chi connectivity index (χ1) is 12.7. The van der Waals surface area contributed by atoms with Crippen LogP contribution in [-0.2, 0) is 9.53 Å². The molecule has 3 rings (SSSR count). The van der Waals surface area contributed by atoms with Crippen molar-refractivity contribution in [3.05, 3.63) is 60.2 Å². The average molecular weight is 354 g/mol. The van der Waals surface area contributed by atoms with Crippen LogP contribution in [0.1, 0.15) is 5.56 Å². The van der Waals surface area contributed by atoms with E-state index in [1.54, 1.807) is 0 Å². The number of aryl methyl sites for hydroxylation is 1. The predicted octanol–water partition coefficient (Wildman–Crippen LogP) is 2.74. The van der Waals surface area contributed by atoms with Crippen LogP contribution < -0.4 is 9.64 Å². The summed E-state index contributed by atoms with van der Waals surface area (Å²) in [6.45, 7) is 6.40. The van der Waals surface area contributed by atoms with Gasteiger partial charge in [0.25, 0.3) is 0 Å². The van der Waals surface area contributed by atoms with Gasteiger partial charge in [-0.15, -0.1) is 0 Å². The fourth-order valence-electron chi connectivity index (χ4n) is 2.93. The maximum atomic E-state index is 12.9. The van der Waals surface area contributed by atoms with Crippen molar-refractivity contribution in [1.29, 1.82) is 0 Å². The second kappa shape index (κ2) is 9.36. The van der Waals surface area contributed by atoms with Crippen molar-refractivity contribution < 1.29 is 14.3 Å². The van der Waals surface area contributed by atoms with Crippen LogP contribution in [0.2, 0.25) is 0 Å². The lowest BCUT2D eigenvalue weighted by molar-refractivity contribution is -0.120. The first-order valence-corrected chi connectivity index (χ1v) is 9.07. The van der Waals surface area contributed by atoms with Crippen molar-refractivity contribution in [3.63, 3.8) is 0 Å². The molecule has 2 aromatic rings. The number of anilines is 1. The van der Waals surface area contributed by atoms with Crippen LogP contribution in [0, 0.1) is 6.92 Å². The number of ether oxygens (including phenoxy) is 2. The van der Waals surface area contributed by atoms with Crippen molar-refractivity contribution in [3.8, 4) is 5.75 Å². The molecule has 1 fully saturated rings. The SMILES string of the molecule is Cc1ccc(OCCN(C(=O)CN2CCOCC2)c2ccccc2)cc1. The van der Waals surface area contributed by atoms with Gasteiger partial charge in [-0.25, -0.2) is 0 Å². The summed E-state index contributed by atoms with van der Waals surface area (Å²) in [6, 6.07) is 17.7. The average Bonchev–Trinajstić information content (AvgIpc) is 2.68. The second-order valence-corrected chi connectivity index (χ2v) is 6.43. The van der Waals surface area contributed by atoms with Crippen molar-refractivity contribution in [2.75, 3.05) is 50.9 Å². The number of hydrogen-bond donors (Lipinski definition) is 0. The van der Waals surface area contributed by atoms with E-state index in [4.69, 9.17) is 9.47 Å². The molecule has 1 heterocycles. The largest absolute Gasteiger partial charge is 0.492 e. The van der Waals surface area contributed by atoms with Gasteiger partial charge in [-0.2, -0.15) is 0 Å². The molecule has 0 bridgehead atoms. The molecule has 1 amide bonds. The Hall–Kier alpha value is -2.37. The summed E-state index contributed by atoms with van der Waals surface area (Å²) < 4.78 is 11.2. The van der Waals surface area contributed by atoms with Crippen molar-refractivity contribution in [2.45, 2.75) is 6.92 Å². The van der Waals surface area contributed by atoms with E-state index in [9.17, 15) is 4.79 Å². The number of para-hydroxylation sites is 1. The van der Waals surface area contributed by atoms with Gasteiger partial charge >= 0.3 is 0 Å². The minimum absolute atomic E-state index is 0.0885. The number of benzene rings is 2. The monoisotopic (exact) mass is 354 g/mol. The zero-order chi connectivity index (χ0) is 18.2. The Kier molecular flexibility index (Phi) is 6.63. The fraction of sp³-hybridized carbons (Fsp3) is 0.381. The molecule has 0 radical (unpaired) electrons. The lowest BCUT2D eigenvalue weighted by Crippen LogP contribution is -2.46. The number of carbonyl (C=O) groups is 1. The number of hydrogen-bond acceptors (Lipinski definition) is 4. The molecule has 2 aromatic carbocycles. The van der Waals surface area contributed by atoms with E-state index in [1.807, 2.05) is 66.4 Å². The van der Waals surface area contributed by atoms with Gasteiger partial charge in [0.05, 0.1) is 26.3 Å². The van der Waals surface area contributed by atoms with E-state index in [2.05, 4.69) is 4.90 Å². The van der Waals surface area contributed by atoms with E-state index in [0.29, 0.717) is 32.9 Å². The summed E-state index contributed by atoms with van der Waals surface area (Å²) in [5, 5.41) is 0. The van der Waals surface area contributed by atoms with E-state index in [1.165, 1.54) is 5.56 Å². The van der Waals surface area contributed by atoms with Crippen molar-refractivity contribution in [2.24, 2.45) is 0 Å². The Bertz CT molecular complexity index is 682. The minimum Gasteiger partial charge on any atom is -0.492 e. The van der Waals surface area contributed by atoms with E-state index in [0.717, 1.165) is 24.5 Å². The molecule has 5 nitrogen and oxygen atoms in total. The standard InChI is InChI=1S/C21H26N2O3/c1-18-7-9-20(10-8-18)26-16-13-23(19-5-3-2-4-6-19)21(24)17-22-11-14-25-15-12-22/h2-10H,11-17H2,1H3. The molecule has 0 aliphatic carbocycles. The number of rotatable bonds is 7. The van der Waals surface area contributed by atoms with Crippen LogP contribution in [-0.4, -0.2) is 56.8 Å². The molecular weight excluding hydrogens is 328 g/mol. The number of nitrogens with zero attached hydrogens (tertiary/aromatic N) is 2. The highest BCUT2D eigenvalue weighted by atomic mass is 16.5. The van der Waals surface area contributed by atoms with E-state index in [-0.39, 0.29) is 5.91 Å². The Labute approximate surface area is 155 Å². The quantitative estimate of drug-likeness (QED) is 0.767. The van der Waals surface area contributed by atoms with Crippen LogP contribution in [0.4, 0.5) is 5.69 Å². The zero-order valence-corrected chi connectivity index (χ0v) is 15.3. The molecule has 5 heteroatoms. The van der Waals surface area contributed by atoms with Gasteiger partial charge < -0.3 is 14.4 Å². The topological polar surface area (TPSA) is 42.0 Å². The Morgan fingerprint density at radius 1 is 1.08 bits per heavy atom. The van der Waals surface area contributed by atoms with Gasteiger partial charge in [0, 0.05) is 18.8 Å². The Morgan fingerprint density at radius 3 is 2.46 bits per heavy atom. The lowest BCUT2D eigenvalue weighted by atomic mass is 10.2. The summed E-state index contributed by atoms with van der Waals surface area (Å²) in [5.41, 5.74) is 2.10. The molecule has 0 spiro atoms. The van der Waals surface area contributed by atoms with Crippen molar-refractivity contribution >= 4 is 11.6 Å². The summed E-state index contributed by atoms with van der Waals surface area (Å²) in [7, 11) is 0. The van der Waals surface area contributed by atoms with Gasteiger partial charge in [-0.05, 0) is 31.2 Å². The van der Waals surface area contributed by atoms with E-state index < -0.39 is 0 Å². The van der Waals surface area contributed by atoms with Gasteiger partial charge in [-0.3, -0.25) is 9.69 Å². The number of carbonyl (C=O) groups excluding carboxylic acids is 1. The molecule has 138 valence electrons. The first-order valence-electron chi connectivity index (χ1n) is 9.07. The minimum atomic E-state index is 0.0885. The maximum Gasteiger partial charge on any atom is 0.241 e. The molecule has 0 N–H and O–H groups in total. The van der Waals surface area contributed by atoms with Crippen LogP contribution in [0.15, 0.2) is 54.6 Å².